The Balaban J connectivity index is 2.84. The lowest BCUT2D eigenvalue weighted by Crippen LogP contribution is -2.24. The van der Waals surface area contributed by atoms with Crippen LogP contribution in [0.4, 0.5) is 0 Å². The summed E-state index contributed by atoms with van der Waals surface area (Å²) in [6.45, 7) is 5.45. The second kappa shape index (κ2) is 6.12. The minimum Gasteiger partial charge on any atom is -0.477 e. The SMILES string of the molecule is C=CCCCNS(=O)(=O)c1cc(C(=O)O)sc1C. The zero-order valence-electron chi connectivity index (χ0n) is 9.97. The van der Waals surface area contributed by atoms with E-state index in [1.165, 1.54) is 6.07 Å². The highest BCUT2D eigenvalue weighted by Gasteiger charge is 2.21. The maximum atomic E-state index is 11.9. The summed E-state index contributed by atoms with van der Waals surface area (Å²) in [6.07, 6.45) is 3.11. The summed E-state index contributed by atoms with van der Waals surface area (Å²) in [5.41, 5.74) is 0. The predicted octanol–water partition coefficient (Wildman–Crippen LogP) is 2.00. The first-order valence-corrected chi connectivity index (χ1v) is 7.62. The van der Waals surface area contributed by atoms with Crippen molar-refractivity contribution in [2.45, 2.75) is 24.7 Å². The van der Waals surface area contributed by atoms with Gasteiger partial charge in [-0.15, -0.1) is 17.9 Å². The van der Waals surface area contributed by atoms with E-state index in [9.17, 15) is 13.2 Å². The van der Waals surface area contributed by atoms with E-state index in [-0.39, 0.29) is 9.77 Å². The van der Waals surface area contributed by atoms with E-state index in [0.717, 1.165) is 17.8 Å². The van der Waals surface area contributed by atoms with Crippen molar-refractivity contribution in [3.63, 3.8) is 0 Å². The molecule has 0 unspecified atom stereocenters. The van der Waals surface area contributed by atoms with Crippen molar-refractivity contribution in [1.29, 1.82) is 0 Å². The number of nitrogens with one attached hydrogen (secondary N) is 1. The highest BCUT2D eigenvalue weighted by atomic mass is 32.2. The molecule has 1 aromatic rings. The summed E-state index contributed by atoms with van der Waals surface area (Å²) in [5.74, 6) is -1.11. The third kappa shape index (κ3) is 3.66. The smallest absolute Gasteiger partial charge is 0.345 e. The van der Waals surface area contributed by atoms with Crippen molar-refractivity contribution in [3.05, 3.63) is 28.5 Å². The van der Waals surface area contributed by atoms with Crippen LogP contribution in [-0.4, -0.2) is 26.0 Å². The van der Waals surface area contributed by atoms with Crippen LogP contribution in [0, 0.1) is 6.92 Å². The molecule has 18 heavy (non-hydrogen) atoms. The number of sulfonamides is 1. The number of hydrogen-bond acceptors (Lipinski definition) is 4. The standard InChI is InChI=1S/C11H15NO4S2/c1-3-4-5-6-12-18(15,16)10-7-9(11(13)14)17-8(10)2/h3,7,12H,1,4-6H2,2H3,(H,13,14). The Morgan fingerprint density at radius 3 is 2.78 bits per heavy atom. The number of allylic oxidation sites excluding steroid dienone is 1. The van der Waals surface area contributed by atoms with Crippen molar-refractivity contribution in [2.24, 2.45) is 0 Å². The van der Waals surface area contributed by atoms with Crippen molar-refractivity contribution in [3.8, 4) is 0 Å². The van der Waals surface area contributed by atoms with E-state index in [1.807, 2.05) is 0 Å². The molecule has 7 heteroatoms. The van der Waals surface area contributed by atoms with Crippen molar-refractivity contribution in [2.75, 3.05) is 6.54 Å². The molecule has 0 atom stereocenters. The molecule has 0 aromatic carbocycles. The molecule has 0 aliphatic heterocycles. The number of rotatable bonds is 7. The van der Waals surface area contributed by atoms with Gasteiger partial charge in [0.25, 0.3) is 0 Å². The van der Waals surface area contributed by atoms with Gasteiger partial charge in [-0.3, -0.25) is 0 Å². The number of unbranched alkanes of at least 4 members (excludes halogenated alkanes) is 1. The summed E-state index contributed by atoms with van der Waals surface area (Å²) in [6, 6.07) is 1.19. The average molecular weight is 289 g/mol. The Bertz CT molecular complexity index is 545. The fourth-order valence-electron chi connectivity index (χ4n) is 1.37. The molecule has 1 heterocycles. The molecule has 2 N–H and O–H groups in total. The summed E-state index contributed by atoms with van der Waals surface area (Å²) < 4.78 is 26.3. The molecule has 0 aliphatic rings. The van der Waals surface area contributed by atoms with Gasteiger partial charge in [-0.1, -0.05) is 6.08 Å². The second-order valence-corrected chi connectivity index (χ2v) is 6.66. The predicted molar refractivity (Wildman–Crippen MR) is 70.6 cm³/mol. The molecule has 0 fully saturated rings. The normalized spacial score (nSPS) is 11.4. The van der Waals surface area contributed by atoms with Gasteiger partial charge in [0, 0.05) is 11.4 Å². The summed E-state index contributed by atoms with van der Waals surface area (Å²) >= 11 is 0.958. The van der Waals surface area contributed by atoms with Gasteiger partial charge in [0.05, 0.1) is 4.90 Å². The lowest BCUT2D eigenvalue weighted by atomic mass is 10.3. The lowest BCUT2D eigenvalue weighted by molar-refractivity contribution is 0.0702. The van der Waals surface area contributed by atoms with E-state index < -0.39 is 16.0 Å². The van der Waals surface area contributed by atoms with E-state index >= 15 is 0 Å². The van der Waals surface area contributed by atoms with E-state index in [2.05, 4.69) is 11.3 Å². The number of aryl methyl sites for hydroxylation is 1. The van der Waals surface area contributed by atoms with Gasteiger partial charge in [0.2, 0.25) is 10.0 Å². The zero-order valence-corrected chi connectivity index (χ0v) is 11.6. The van der Waals surface area contributed by atoms with Crippen LogP contribution in [0.5, 0.6) is 0 Å². The molecule has 0 saturated heterocycles. The molecule has 1 rings (SSSR count). The Hall–Kier alpha value is -1.18. The first kappa shape index (κ1) is 14.9. The monoisotopic (exact) mass is 289 g/mol. The van der Waals surface area contributed by atoms with Gasteiger partial charge in [-0.05, 0) is 25.8 Å². The Kier molecular flexibility index (Phi) is 5.06. The van der Waals surface area contributed by atoms with E-state index in [0.29, 0.717) is 17.8 Å². The summed E-state index contributed by atoms with van der Waals surface area (Å²) in [4.78, 5) is 11.3. The van der Waals surface area contributed by atoms with Crippen molar-refractivity contribution >= 4 is 27.3 Å². The number of carbonyl (C=O) groups is 1. The zero-order chi connectivity index (χ0) is 13.8. The lowest BCUT2D eigenvalue weighted by Gasteiger charge is -2.04. The molecular formula is C11H15NO4S2. The Morgan fingerprint density at radius 2 is 2.28 bits per heavy atom. The van der Waals surface area contributed by atoms with Gasteiger partial charge in [-0.2, -0.15) is 0 Å². The molecular weight excluding hydrogens is 274 g/mol. The van der Waals surface area contributed by atoms with Crippen molar-refractivity contribution in [1.82, 2.24) is 4.72 Å². The molecule has 0 radical (unpaired) electrons. The fourth-order valence-corrected chi connectivity index (χ4v) is 3.87. The molecule has 100 valence electrons. The second-order valence-electron chi connectivity index (χ2n) is 3.66. The Morgan fingerprint density at radius 1 is 1.61 bits per heavy atom. The van der Waals surface area contributed by atoms with Crippen LogP contribution in [0.1, 0.15) is 27.4 Å². The maximum absolute atomic E-state index is 11.9. The number of hydrogen-bond donors (Lipinski definition) is 2. The van der Waals surface area contributed by atoms with Crippen LogP contribution in [0.2, 0.25) is 0 Å². The third-order valence-electron chi connectivity index (χ3n) is 2.25. The van der Waals surface area contributed by atoms with Crippen LogP contribution in [-0.2, 0) is 10.0 Å². The number of carboxylic acid groups (broad SMARTS) is 1. The largest absolute Gasteiger partial charge is 0.477 e. The molecule has 0 saturated carbocycles. The van der Waals surface area contributed by atoms with E-state index in [4.69, 9.17) is 5.11 Å². The van der Waals surface area contributed by atoms with Gasteiger partial charge >= 0.3 is 5.97 Å². The fraction of sp³-hybridized carbons (Fsp3) is 0.364. The molecule has 0 spiro atoms. The first-order valence-electron chi connectivity index (χ1n) is 5.32. The molecule has 0 aliphatic carbocycles. The highest BCUT2D eigenvalue weighted by molar-refractivity contribution is 7.89. The topological polar surface area (TPSA) is 83.5 Å². The maximum Gasteiger partial charge on any atom is 0.345 e. The minimum absolute atomic E-state index is 0.0268. The van der Waals surface area contributed by atoms with E-state index in [1.54, 1.807) is 13.0 Å². The number of carboxylic acids is 1. The quantitative estimate of drug-likeness (QED) is 0.594. The van der Waals surface area contributed by atoms with Gasteiger partial charge in [-0.25, -0.2) is 17.9 Å². The van der Waals surface area contributed by atoms with Crippen molar-refractivity contribution < 1.29 is 18.3 Å². The Labute approximate surface area is 110 Å². The van der Waals surface area contributed by atoms with Gasteiger partial charge < -0.3 is 5.11 Å². The van der Waals surface area contributed by atoms with Gasteiger partial charge in [0.1, 0.15) is 4.88 Å². The average Bonchev–Trinajstić information content (AvgIpc) is 2.68. The summed E-state index contributed by atoms with van der Waals surface area (Å²) in [5, 5.41) is 8.82. The minimum atomic E-state index is -3.62. The van der Waals surface area contributed by atoms with Crippen LogP contribution >= 0.6 is 11.3 Å². The van der Waals surface area contributed by atoms with Crippen LogP contribution in [0.3, 0.4) is 0 Å². The van der Waals surface area contributed by atoms with Crippen LogP contribution in [0.25, 0.3) is 0 Å². The molecule has 5 nitrogen and oxygen atoms in total. The molecule has 1 aromatic heterocycles. The number of thiophene rings is 1. The number of aromatic carboxylic acids is 1. The summed E-state index contributed by atoms with van der Waals surface area (Å²) in [7, 11) is -3.62. The molecule has 0 bridgehead atoms. The third-order valence-corrected chi connectivity index (χ3v) is 5.00. The molecule has 0 amide bonds. The van der Waals surface area contributed by atoms with Gasteiger partial charge in [0.15, 0.2) is 0 Å². The van der Waals surface area contributed by atoms with Crippen LogP contribution < -0.4 is 4.72 Å². The first-order chi connectivity index (χ1) is 8.38. The highest BCUT2D eigenvalue weighted by Crippen LogP contribution is 2.25. The van der Waals surface area contributed by atoms with Crippen LogP contribution in [0.15, 0.2) is 23.6 Å².